The molecule has 1 aromatic heterocycles. The van der Waals surface area contributed by atoms with Crippen molar-refractivity contribution in [3.05, 3.63) is 11.8 Å². The lowest BCUT2D eigenvalue weighted by atomic mass is 9.96. The topological polar surface area (TPSA) is 58.6 Å². The highest BCUT2D eigenvalue weighted by molar-refractivity contribution is 7.98. The molecule has 0 spiro atoms. The number of halogens is 3. The summed E-state index contributed by atoms with van der Waals surface area (Å²) in [7, 11) is 0. The van der Waals surface area contributed by atoms with E-state index in [1.807, 2.05) is 18.1 Å². The maximum atomic E-state index is 12.6. The number of piperidine rings is 1. The fourth-order valence-electron chi connectivity index (χ4n) is 3.72. The predicted molar refractivity (Wildman–Crippen MR) is 99.4 cm³/mol. The Labute approximate surface area is 166 Å². The first kappa shape index (κ1) is 21.2. The molecule has 3 rings (SSSR count). The van der Waals surface area contributed by atoms with Crippen LogP contribution in [0.3, 0.4) is 0 Å². The molecule has 0 radical (unpaired) electrons. The van der Waals surface area contributed by atoms with E-state index in [1.165, 1.54) is 11.8 Å². The van der Waals surface area contributed by atoms with E-state index in [9.17, 15) is 18.0 Å². The maximum absolute atomic E-state index is 12.6. The lowest BCUT2D eigenvalue weighted by Crippen LogP contribution is -2.47. The zero-order valence-corrected chi connectivity index (χ0v) is 16.9. The summed E-state index contributed by atoms with van der Waals surface area (Å²) in [5, 5.41) is 0.665. The van der Waals surface area contributed by atoms with E-state index in [0.717, 1.165) is 23.3 Å². The van der Waals surface area contributed by atoms with E-state index >= 15 is 0 Å². The third-order valence-corrected chi connectivity index (χ3v) is 5.83. The molecule has 0 aliphatic carbocycles. The molecule has 0 N–H and O–H groups in total. The van der Waals surface area contributed by atoms with E-state index in [4.69, 9.17) is 4.74 Å². The summed E-state index contributed by atoms with van der Waals surface area (Å²) in [4.78, 5) is 23.9. The second-order valence-electron chi connectivity index (χ2n) is 7.31. The van der Waals surface area contributed by atoms with Crippen LogP contribution in [-0.2, 0) is 4.79 Å². The number of ether oxygens (including phenoxy) is 1. The monoisotopic (exact) mass is 418 g/mol. The van der Waals surface area contributed by atoms with Gasteiger partial charge in [0.1, 0.15) is 6.54 Å². The quantitative estimate of drug-likeness (QED) is 0.523. The van der Waals surface area contributed by atoms with Crippen molar-refractivity contribution in [3.63, 3.8) is 0 Å². The van der Waals surface area contributed by atoms with E-state index in [-0.39, 0.29) is 6.54 Å². The van der Waals surface area contributed by atoms with Gasteiger partial charge in [0, 0.05) is 18.3 Å². The number of nitrogens with zero attached hydrogens (tertiary/aromatic N) is 4. The van der Waals surface area contributed by atoms with Gasteiger partial charge < -0.3 is 9.64 Å². The fourth-order valence-corrected chi connectivity index (χ4v) is 4.05. The van der Waals surface area contributed by atoms with Crippen molar-refractivity contribution >= 4 is 17.7 Å². The largest absolute Gasteiger partial charge is 0.477 e. The van der Waals surface area contributed by atoms with Crippen LogP contribution in [0.15, 0.2) is 11.4 Å². The van der Waals surface area contributed by atoms with Crippen LogP contribution in [0.2, 0.25) is 0 Å². The van der Waals surface area contributed by atoms with Gasteiger partial charge in [-0.05, 0) is 51.4 Å². The molecule has 10 heteroatoms. The van der Waals surface area contributed by atoms with Crippen LogP contribution >= 0.6 is 11.8 Å². The summed E-state index contributed by atoms with van der Waals surface area (Å²) < 4.78 is 43.6. The van der Waals surface area contributed by atoms with Crippen molar-refractivity contribution in [1.82, 2.24) is 19.8 Å². The molecule has 0 saturated carbocycles. The zero-order chi connectivity index (χ0) is 20.3. The first-order valence-electron chi connectivity index (χ1n) is 9.37. The molecule has 1 atom stereocenters. The van der Waals surface area contributed by atoms with Crippen LogP contribution in [0, 0.1) is 12.8 Å². The van der Waals surface area contributed by atoms with E-state index < -0.39 is 24.7 Å². The predicted octanol–water partition coefficient (Wildman–Crippen LogP) is 2.76. The standard InChI is InChI=1S/C18H25F3N4O2S/c1-12-9-22-17(28-2)23-15(12)27-10-13-3-6-24(7-4-13)14-5-8-25(16(14)26)11-18(19,20)21/h9,13-14H,3-8,10-11H2,1-2H3. The molecule has 156 valence electrons. The Hall–Kier alpha value is -1.55. The summed E-state index contributed by atoms with van der Waals surface area (Å²) in [6, 6.07) is -0.419. The highest BCUT2D eigenvalue weighted by atomic mass is 32.2. The van der Waals surface area contributed by atoms with Crippen molar-refractivity contribution < 1.29 is 22.7 Å². The summed E-state index contributed by atoms with van der Waals surface area (Å²) in [5.41, 5.74) is 0.886. The average molecular weight is 418 g/mol. The zero-order valence-electron chi connectivity index (χ0n) is 16.0. The van der Waals surface area contributed by atoms with Gasteiger partial charge in [0.05, 0.1) is 12.6 Å². The van der Waals surface area contributed by atoms with Crippen molar-refractivity contribution in [2.75, 3.05) is 39.0 Å². The molecule has 1 aromatic rings. The molecule has 0 bridgehead atoms. The number of thioether (sulfide) groups is 1. The molecule has 0 aromatic carbocycles. The van der Waals surface area contributed by atoms with Crippen molar-refractivity contribution in [2.24, 2.45) is 5.92 Å². The second kappa shape index (κ2) is 8.86. The fraction of sp³-hybridized carbons (Fsp3) is 0.722. The minimum atomic E-state index is -4.34. The highest BCUT2D eigenvalue weighted by Crippen LogP contribution is 2.27. The number of carbonyl (C=O) groups is 1. The number of hydrogen-bond donors (Lipinski definition) is 0. The minimum absolute atomic E-state index is 0.177. The molecule has 2 fully saturated rings. The van der Waals surface area contributed by atoms with Gasteiger partial charge in [-0.15, -0.1) is 0 Å². The maximum Gasteiger partial charge on any atom is 0.406 e. The number of likely N-dealkylation sites (tertiary alicyclic amines) is 2. The highest BCUT2D eigenvalue weighted by Gasteiger charge is 2.42. The minimum Gasteiger partial charge on any atom is -0.477 e. The Morgan fingerprint density at radius 1 is 1.25 bits per heavy atom. The first-order valence-corrected chi connectivity index (χ1v) is 10.6. The Kier molecular flexibility index (Phi) is 6.69. The molecule has 2 saturated heterocycles. The molecular weight excluding hydrogens is 393 g/mol. The molecule has 2 aliphatic heterocycles. The number of carbonyl (C=O) groups excluding carboxylic acids is 1. The lowest BCUT2D eigenvalue weighted by Gasteiger charge is -2.35. The number of aryl methyl sites for hydroxylation is 1. The number of rotatable bonds is 6. The van der Waals surface area contributed by atoms with Gasteiger partial charge in [-0.2, -0.15) is 18.2 Å². The first-order chi connectivity index (χ1) is 13.3. The van der Waals surface area contributed by atoms with Crippen LogP contribution in [0.5, 0.6) is 5.88 Å². The van der Waals surface area contributed by atoms with Gasteiger partial charge in [0.15, 0.2) is 5.16 Å². The number of amides is 1. The van der Waals surface area contributed by atoms with Gasteiger partial charge in [0.25, 0.3) is 0 Å². The van der Waals surface area contributed by atoms with Crippen LogP contribution in [0.1, 0.15) is 24.8 Å². The Morgan fingerprint density at radius 2 is 1.96 bits per heavy atom. The lowest BCUT2D eigenvalue weighted by molar-refractivity contribution is -0.159. The molecular formula is C18H25F3N4O2S. The van der Waals surface area contributed by atoms with Gasteiger partial charge in [-0.3, -0.25) is 9.69 Å². The summed E-state index contributed by atoms with van der Waals surface area (Å²) in [6.07, 6.45) is 1.47. The SMILES string of the molecule is CSc1ncc(C)c(OCC2CCN(C3CCN(CC(F)(F)F)C3=O)CC2)n1. The number of hydrogen-bond acceptors (Lipinski definition) is 6. The third kappa shape index (κ3) is 5.28. The van der Waals surface area contributed by atoms with Gasteiger partial charge in [-0.25, -0.2) is 4.98 Å². The number of aromatic nitrogens is 2. The van der Waals surface area contributed by atoms with Gasteiger partial charge in [0.2, 0.25) is 11.8 Å². The van der Waals surface area contributed by atoms with E-state index in [0.29, 0.717) is 43.1 Å². The van der Waals surface area contributed by atoms with Crippen LogP contribution in [0.25, 0.3) is 0 Å². The third-order valence-electron chi connectivity index (χ3n) is 5.27. The van der Waals surface area contributed by atoms with Crippen molar-refractivity contribution in [1.29, 1.82) is 0 Å². The molecule has 28 heavy (non-hydrogen) atoms. The molecule has 2 aliphatic rings. The van der Waals surface area contributed by atoms with Crippen LogP contribution in [0.4, 0.5) is 13.2 Å². The molecule has 6 nitrogen and oxygen atoms in total. The average Bonchev–Trinajstić information content (AvgIpc) is 3.00. The Balaban J connectivity index is 1.47. The summed E-state index contributed by atoms with van der Waals surface area (Å²) in [6.45, 7) is 2.87. The summed E-state index contributed by atoms with van der Waals surface area (Å²) in [5.74, 6) is 0.537. The molecule has 3 heterocycles. The number of alkyl halides is 3. The van der Waals surface area contributed by atoms with Gasteiger partial charge >= 0.3 is 6.18 Å². The second-order valence-corrected chi connectivity index (χ2v) is 8.09. The van der Waals surface area contributed by atoms with E-state index in [1.54, 1.807) is 6.20 Å². The molecule has 1 unspecified atom stereocenters. The Morgan fingerprint density at radius 3 is 2.61 bits per heavy atom. The molecule has 1 amide bonds. The van der Waals surface area contributed by atoms with Crippen molar-refractivity contribution in [3.8, 4) is 5.88 Å². The normalized spacial score (nSPS) is 22.1. The Bertz CT molecular complexity index is 696. The van der Waals surface area contributed by atoms with Crippen LogP contribution in [-0.4, -0.2) is 76.9 Å². The van der Waals surface area contributed by atoms with Crippen LogP contribution < -0.4 is 4.74 Å². The van der Waals surface area contributed by atoms with Gasteiger partial charge in [-0.1, -0.05) is 11.8 Å². The smallest absolute Gasteiger partial charge is 0.406 e. The van der Waals surface area contributed by atoms with Crippen molar-refractivity contribution in [2.45, 2.75) is 43.6 Å². The summed E-state index contributed by atoms with van der Waals surface area (Å²) >= 11 is 1.46. The van der Waals surface area contributed by atoms with E-state index in [2.05, 4.69) is 9.97 Å².